The molecule has 0 bridgehead atoms. The van der Waals surface area contributed by atoms with Gasteiger partial charge in [0.2, 0.25) is 11.5 Å². The van der Waals surface area contributed by atoms with Crippen molar-refractivity contribution in [2.24, 2.45) is 0 Å². The highest BCUT2D eigenvalue weighted by Crippen LogP contribution is 2.53. The largest absolute Gasteiger partial charge is 0.504 e. The Hall–Kier alpha value is -7.72. The van der Waals surface area contributed by atoms with Gasteiger partial charge in [-0.3, -0.25) is 0 Å². The number of phenolic OH excluding ortho intramolecular Hbond substituents is 12. The zero-order chi connectivity index (χ0) is 41.1. The highest BCUT2D eigenvalue weighted by Gasteiger charge is 2.53. The summed E-state index contributed by atoms with van der Waals surface area (Å²) in [5, 5.41) is 133. The number of hydrogen-bond donors (Lipinski definition) is 13. The lowest BCUT2D eigenvalue weighted by Gasteiger charge is -2.43. The van der Waals surface area contributed by atoms with Crippen LogP contribution in [0.15, 0.2) is 36.4 Å². The van der Waals surface area contributed by atoms with Crippen molar-refractivity contribution in [1.29, 1.82) is 0 Å². The molecule has 2 aliphatic heterocycles. The first-order chi connectivity index (χ1) is 26.3. The molecule has 1 saturated heterocycles. The number of benzene rings is 4. The van der Waals surface area contributed by atoms with Crippen molar-refractivity contribution < 1.29 is 109 Å². The van der Waals surface area contributed by atoms with Crippen LogP contribution in [-0.2, 0) is 23.7 Å². The number of aliphatic hydroxyl groups excluding tert-OH is 1. The summed E-state index contributed by atoms with van der Waals surface area (Å²) in [7, 11) is 0. The van der Waals surface area contributed by atoms with Crippen LogP contribution in [0.5, 0.6) is 69.0 Å². The molecule has 0 radical (unpaired) electrons. The fourth-order valence-electron chi connectivity index (χ4n) is 5.80. The van der Waals surface area contributed by atoms with E-state index in [1.165, 1.54) is 0 Å². The Balaban J connectivity index is 1.48. The van der Waals surface area contributed by atoms with Gasteiger partial charge in [0, 0.05) is 11.1 Å². The van der Waals surface area contributed by atoms with Gasteiger partial charge in [-0.2, -0.15) is 0 Å². The van der Waals surface area contributed by atoms with E-state index < -0.39 is 164 Å². The first-order valence-corrected chi connectivity index (χ1v) is 15.5. The van der Waals surface area contributed by atoms with Crippen molar-refractivity contribution in [2.45, 2.75) is 30.7 Å². The fraction of sp³-hybridized carbons (Fsp3) is 0.176. The van der Waals surface area contributed by atoms with E-state index in [0.29, 0.717) is 36.4 Å². The minimum Gasteiger partial charge on any atom is -0.504 e. The predicted octanol–water partition coefficient (Wildman–Crippen LogP) is 0.685. The second kappa shape index (κ2) is 13.9. The SMILES string of the molecule is O=C(OCC1OC(O)C2OC(=O)c3cc(O)c(O)c(O)c3-c3c(cc(O)c(O)c3O)C(=O)OC2C1OC(=O)c1cc(O)c(O)c(O)c1)c1cc(O)c(O)c(O)c1. The van der Waals surface area contributed by atoms with Crippen LogP contribution in [-0.4, -0.2) is 128 Å². The van der Waals surface area contributed by atoms with Gasteiger partial charge in [-0.1, -0.05) is 0 Å². The lowest BCUT2D eigenvalue weighted by Crippen LogP contribution is -2.62. The number of carbonyl (C=O) groups is 4. The minimum absolute atomic E-state index is 0.475. The van der Waals surface area contributed by atoms with Gasteiger partial charge in [-0.15, -0.1) is 0 Å². The number of rotatable bonds is 5. The zero-order valence-electron chi connectivity index (χ0n) is 27.5. The molecule has 4 aromatic rings. The lowest BCUT2D eigenvalue weighted by molar-refractivity contribution is -0.284. The summed E-state index contributed by atoms with van der Waals surface area (Å²) in [6.45, 7) is -1.08. The third-order valence-corrected chi connectivity index (χ3v) is 8.53. The van der Waals surface area contributed by atoms with Crippen molar-refractivity contribution in [2.75, 3.05) is 6.61 Å². The third-order valence-electron chi connectivity index (χ3n) is 8.53. The molecule has 13 N–H and O–H groups in total. The van der Waals surface area contributed by atoms with Crippen LogP contribution in [0.2, 0.25) is 0 Å². The molecular formula is C34H26O22. The van der Waals surface area contributed by atoms with Crippen LogP contribution in [0.25, 0.3) is 11.1 Å². The molecule has 2 aliphatic rings. The van der Waals surface area contributed by atoms with Gasteiger partial charge in [0.1, 0.15) is 12.7 Å². The van der Waals surface area contributed by atoms with E-state index in [9.17, 15) is 85.6 Å². The van der Waals surface area contributed by atoms with Crippen molar-refractivity contribution >= 4 is 23.9 Å². The Bertz CT molecular complexity index is 2290. The summed E-state index contributed by atoms with van der Waals surface area (Å²) in [5.74, 6) is -19.9. The van der Waals surface area contributed by atoms with Gasteiger partial charge in [0.05, 0.1) is 22.3 Å². The van der Waals surface area contributed by atoms with Crippen LogP contribution in [0.3, 0.4) is 0 Å². The fourth-order valence-corrected chi connectivity index (χ4v) is 5.80. The Labute approximate surface area is 309 Å². The van der Waals surface area contributed by atoms with Crippen molar-refractivity contribution in [3.8, 4) is 80.1 Å². The smallest absolute Gasteiger partial charge is 0.339 e. The molecule has 2 heterocycles. The number of carbonyl (C=O) groups excluding carboxylic acids is 4. The molecule has 0 spiro atoms. The highest BCUT2D eigenvalue weighted by atomic mass is 16.7. The molecule has 22 heteroatoms. The predicted molar refractivity (Wildman–Crippen MR) is 174 cm³/mol. The van der Waals surface area contributed by atoms with Gasteiger partial charge in [0.25, 0.3) is 0 Å². The van der Waals surface area contributed by atoms with Gasteiger partial charge >= 0.3 is 23.9 Å². The first kappa shape index (κ1) is 38.0. The number of ether oxygens (including phenoxy) is 5. The molecule has 6 rings (SSSR count). The molecule has 22 nitrogen and oxygen atoms in total. The van der Waals surface area contributed by atoms with Crippen LogP contribution in [0, 0.1) is 0 Å². The summed E-state index contributed by atoms with van der Waals surface area (Å²) in [4.78, 5) is 54.1. The molecule has 0 saturated carbocycles. The summed E-state index contributed by atoms with van der Waals surface area (Å²) < 4.78 is 26.9. The Morgan fingerprint density at radius 3 is 1.38 bits per heavy atom. The van der Waals surface area contributed by atoms with Crippen LogP contribution in [0.4, 0.5) is 0 Å². The molecule has 5 atom stereocenters. The summed E-state index contributed by atoms with van der Waals surface area (Å²) >= 11 is 0. The summed E-state index contributed by atoms with van der Waals surface area (Å²) in [5.41, 5.74) is -5.16. The van der Waals surface area contributed by atoms with E-state index in [0.717, 1.165) is 0 Å². The van der Waals surface area contributed by atoms with Crippen LogP contribution in [0.1, 0.15) is 41.4 Å². The zero-order valence-corrected chi connectivity index (χ0v) is 27.5. The molecule has 0 aromatic heterocycles. The van der Waals surface area contributed by atoms with Gasteiger partial charge < -0.3 is 90.1 Å². The van der Waals surface area contributed by atoms with Gasteiger partial charge in [-0.25, -0.2) is 19.2 Å². The van der Waals surface area contributed by atoms with Gasteiger partial charge in [-0.05, 0) is 36.4 Å². The lowest BCUT2D eigenvalue weighted by atomic mass is 9.91. The van der Waals surface area contributed by atoms with Gasteiger partial charge in [0.15, 0.2) is 82.1 Å². The molecule has 56 heavy (non-hydrogen) atoms. The van der Waals surface area contributed by atoms with Crippen molar-refractivity contribution in [3.63, 3.8) is 0 Å². The molecule has 4 aromatic carbocycles. The molecule has 0 amide bonds. The third kappa shape index (κ3) is 6.45. The summed E-state index contributed by atoms with van der Waals surface area (Å²) in [6.07, 6.45) is -11.1. The molecule has 5 unspecified atom stereocenters. The number of aliphatic hydroxyl groups is 1. The van der Waals surface area contributed by atoms with E-state index in [-0.39, 0.29) is 0 Å². The topological polar surface area (TPSA) is 377 Å². The van der Waals surface area contributed by atoms with E-state index in [1.54, 1.807) is 0 Å². The summed E-state index contributed by atoms with van der Waals surface area (Å²) in [6, 6.07) is 3.56. The van der Waals surface area contributed by atoms with E-state index >= 15 is 0 Å². The van der Waals surface area contributed by atoms with Crippen molar-refractivity contribution in [1.82, 2.24) is 0 Å². The molecule has 0 aliphatic carbocycles. The number of fused-ring (bicyclic) bond motifs is 4. The number of esters is 4. The maximum absolute atomic E-state index is 14.0. The van der Waals surface area contributed by atoms with E-state index in [2.05, 4.69) is 0 Å². The maximum atomic E-state index is 14.0. The average molecular weight is 787 g/mol. The Morgan fingerprint density at radius 1 is 0.536 bits per heavy atom. The number of aromatic hydroxyl groups is 12. The van der Waals surface area contributed by atoms with Crippen LogP contribution < -0.4 is 0 Å². The first-order valence-electron chi connectivity index (χ1n) is 15.5. The monoisotopic (exact) mass is 786 g/mol. The second-order valence-corrected chi connectivity index (χ2v) is 12.0. The Kier molecular flexibility index (Phi) is 9.45. The second-order valence-electron chi connectivity index (χ2n) is 12.0. The van der Waals surface area contributed by atoms with Crippen molar-refractivity contribution in [3.05, 3.63) is 58.7 Å². The number of hydrogen-bond acceptors (Lipinski definition) is 22. The highest BCUT2D eigenvalue weighted by molar-refractivity contribution is 6.08. The van der Waals surface area contributed by atoms with Crippen LogP contribution >= 0.6 is 0 Å². The standard InChI is InChI=1S/C34H26O22/c35-12-1-8(2-13(36)21(12)41)30(47)52-7-18-27(54-31(48)9-3-14(37)22(42)15(38)4-9)28-29(34(51)53-18)56-33(50)11-6-17(40)24(44)26(46)20(11)19-10(32(49)55-28)5-16(39)23(43)25(19)45/h1-6,18,27-29,34-46,51H,7H2. The Morgan fingerprint density at radius 2 is 0.929 bits per heavy atom. The molecule has 1 fully saturated rings. The quantitative estimate of drug-likeness (QED) is 0.0751. The maximum Gasteiger partial charge on any atom is 0.339 e. The molecular weight excluding hydrogens is 760 g/mol. The minimum atomic E-state index is -2.41. The van der Waals surface area contributed by atoms with E-state index in [1.807, 2.05) is 0 Å². The van der Waals surface area contributed by atoms with E-state index in [4.69, 9.17) is 23.7 Å². The number of phenols is 12. The average Bonchev–Trinajstić information content (AvgIpc) is 3.14. The normalized spacial score (nSPS) is 20.3. The molecule has 294 valence electrons.